The van der Waals surface area contributed by atoms with Gasteiger partial charge in [-0.3, -0.25) is 4.79 Å². The fourth-order valence-electron chi connectivity index (χ4n) is 3.23. The zero-order valence-electron chi connectivity index (χ0n) is 13.9. The van der Waals surface area contributed by atoms with Crippen molar-refractivity contribution in [3.8, 4) is 5.75 Å². The summed E-state index contributed by atoms with van der Waals surface area (Å²) in [6.07, 6.45) is 2.34. The van der Waals surface area contributed by atoms with Crippen molar-refractivity contribution < 1.29 is 4.74 Å². The van der Waals surface area contributed by atoms with Gasteiger partial charge in [0, 0.05) is 16.3 Å². The maximum atomic E-state index is 11.7. The number of nitrogens with one attached hydrogen (secondary N) is 1. The first-order valence-electron chi connectivity index (χ1n) is 8.53. The second-order valence-corrected chi connectivity index (χ2v) is 6.11. The molecular weight excluding hydrogens is 310 g/mol. The Hall–Kier alpha value is -3.07. The summed E-state index contributed by atoms with van der Waals surface area (Å²) in [5.74, 6) is 1.08. The van der Waals surface area contributed by atoms with E-state index in [1.54, 1.807) is 0 Å². The number of pyridine rings is 1. The predicted octanol–water partition coefficient (Wildman–Crippen LogP) is 4.69. The molecule has 0 saturated carbocycles. The normalized spacial score (nSPS) is 12.8. The zero-order valence-corrected chi connectivity index (χ0v) is 13.9. The average Bonchev–Trinajstić information content (AvgIpc) is 2.69. The van der Waals surface area contributed by atoms with Crippen LogP contribution < -0.4 is 10.3 Å². The van der Waals surface area contributed by atoms with E-state index in [2.05, 4.69) is 17.1 Å². The highest BCUT2D eigenvalue weighted by molar-refractivity contribution is 6.04. The van der Waals surface area contributed by atoms with Crippen LogP contribution in [0.5, 0.6) is 5.75 Å². The van der Waals surface area contributed by atoms with Gasteiger partial charge in [-0.2, -0.15) is 0 Å². The monoisotopic (exact) mass is 329 g/mol. The van der Waals surface area contributed by atoms with Crippen molar-refractivity contribution >= 4 is 21.7 Å². The molecule has 3 aromatic carbocycles. The molecule has 3 heteroatoms. The number of benzene rings is 3. The van der Waals surface area contributed by atoms with Crippen LogP contribution in [0.15, 0.2) is 77.6 Å². The summed E-state index contributed by atoms with van der Waals surface area (Å²) in [6, 6.07) is 23.8. The molecule has 1 N–H and O–H groups in total. The fourth-order valence-corrected chi connectivity index (χ4v) is 3.23. The minimum Gasteiger partial charge on any atom is -0.493 e. The van der Waals surface area contributed by atoms with E-state index in [-0.39, 0.29) is 5.56 Å². The summed E-state index contributed by atoms with van der Waals surface area (Å²) in [7, 11) is 0. The van der Waals surface area contributed by atoms with E-state index in [0.717, 1.165) is 40.5 Å². The Morgan fingerprint density at radius 1 is 0.760 bits per heavy atom. The van der Waals surface area contributed by atoms with Gasteiger partial charge in [0.25, 0.3) is 5.56 Å². The largest absolute Gasteiger partial charge is 0.493 e. The standard InChI is InChI=1S/C13H9NO.C9H10O/c15-13-11-7-2-1-5-9(11)10-6-3-4-8-12(10)14-13;1-2-6-9-8(4-1)5-3-7-10-9/h1-8H,(H,14,15);1-2,4,6H,3,5,7H2. The summed E-state index contributed by atoms with van der Waals surface area (Å²) < 4.78 is 5.42. The highest BCUT2D eigenvalue weighted by atomic mass is 16.5. The van der Waals surface area contributed by atoms with Crippen LogP contribution in [0.3, 0.4) is 0 Å². The minimum absolute atomic E-state index is 0.0238. The van der Waals surface area contributed by atoms with E-state index in [1.165, 1.54) is 12.0 Å². The Kier molecular flexibility index (Phi) is 4.21. The van der Waals surface area contributed by atoms with Crippen LogP contribution in [0, 0.1) is 0 Å². The Balaban J connectivity index is 0.000000136. The third-order valence-corrected chi connectivity index (χ3v) is 4.46. The number of aromatic nitrogens is 1. The molecule has 1 aliphatic rings. The minimum atomic E-state index is -0.0238. The molecule has 0 aliphatic carbocycles. The van der Waals surface area contributed by atoms with E-state index in [1.807, 2.05) is 60.7 Å². The number of ether oxygens (including phenoxy) is 1. The van der Waals surface area contributed by atoms with Gasteiger partial charge >= 0.3 is 0 Å². The van der Waals surface area contributed by atoms with Gasteiger partial charge in [0.1, 0.15) is 5.75 Å². The van der Waals surface area contributed by atoms with Gasteiger partial charge in [-0.05, 0) is 42.0 Å². The van der Waals surface area contributed by atoms with E-state index in [9.17, 15) is 4.79 Å². The van der Waals surface area contributed by atoms with E-state index >= 15 is 0 Å². The number of H-pyrrole nitrogens is 1. The van der Waals surface area contributed by atoms with Crippen LogP contribution in [-0.4, -0.2) is 11.6 Å². The van der Waals surface area contributed by atoms with Gasteiger partial charge in [0.05, 0.1) is 6.61 Å². The molecule has 1 aromatic heterocycles. The number of hydrogen-bond donors (Lipinski definition) is 1. The summed E-state index contributed by atoms with van der Waals surface area (Å²) in [5.41, 5.74) is 2.22. The predicted molar refractivity (Wildman–Crippen MR) is 102 cm³/mol. The van der Waals surface area contributed by atoms with Crippen LogP contribution in [0.1, 0.15) is 12.0 Å². The highest BCUT2D eigenvalue weighted by Gasteiger charge is 2.07. The van der Waals surface area contributed by atoms with Crippen molar-refractivity contribution in [2.24, 2.45) is 0 Å². The van der Waals surface area contributed by atoms with E-state index < -0.39 is 0 Å². The number of para-hydroxylation sites is 2. The second kappa shape index (κ2) is 6.81. The lowest BCUT2D eigenvalue weighted by atomic mass is 10.1. The smallest absolute Gasteiger partial charge is 0.256 e. The summed E-state index contributed by atoms with van der Waals surface area (Å²) in [4.78, 5) is 14.6. The topological polar surface area (TPSA) is 42.1 Å². The van der Waals surface area contributed by atoms with Crippen LogP contribution in [0.4, 0.5) is 0 Å². The third-order valence-electron chi connectivity index (χ3n) is 4.46. The van der Waals surface area contributed by atoms with Crippen molar-refractivity contribution in [2.45, 2.75) is 12.8 Å². The summed E-state index contributed by atoms with van der Waals surface area (Å²) in [5, 5.41) is 2.85. The Bertz CT molecular complexity index is 1060. The van der Waals surface area contributed by atoms with Crippen LogP contribution in [0.2, 0.25) is 0 Å². The molecule has 2 heterocycles. The molecule has 3 nitrogen and oxygen atoms in total. The first kappa shape index (κ1) is 15.5. The number of fused-ring (bicyclic) bond motifs is 4. The maximum absolute atomic E-state index is 11.7. The molecule has 0 radical (unpaired) electrons. The van der Waals surface area contributed by atoms with Crippen LogP contribution >= 0.6 is 0 Å². The number of aromatic amines is 1. The zero-order chi connectivity index (χ0) is 17.1. The van der Waals surface area contributed by atoms with Gasteiger partial charge in [-0.15, -0.1) is 0 Å². The second-order valence-electron chi connectivity index (χ2n) is 6.11. The average molecular weight is 329 g/mol. The number of aryl methyl sites for hydroxylation is 1. The van der Waals surface area contributed by atoms with Gasteiger partial charge < -0.3 is 9.72 Å². The molecule has 0 saturated heterocycles. The molecule has 0 spiro atoms. The molecule has 0 bridgehead atoms. The Morgan fingerprint density at radius 2 is 1.44 bits per heavy atom. The van der Waals surface area contributed by atoms with Gasteiger partial charge in [-0.25, -0.2) is 0 Å². The SMILES string of the molecule is O=c1[nH]c2ccccc2c2ccccc12.c1ccc2c(c1)CCCO2. The van der Waals surface area contributed by atoms with Crippen LogP contribution in [-0.2, 0) is 6.42 Å². The summed E-state index contributed by atoms with van der Waals surface area (Å²) >= 11 is 0. The quantitative estimate of drug-likeness (QED) is 0.475. The molecule has 124 valence electrons. The van der Waals surface area contributed by atoms with Gasteiger partial charge in [-0.1, -0.05) is 54.6 Å². The Morgan fingerprint density at radius 3 is 2.28 bits per heavy atom. The van der Waals surface area contributed by atoms with E-state index in [0.29, 0.717) is 0 Å². The molecule has 0 amide bonds. The lowest BCUT2D eigenvalue weighted by Gasteiger charge is -2.15. The van der Waals surface area contributed by atoms with Gasteiger partial charge in [0.15, 0.2) is 0 Å². The molecule has 0 fully saturated rings. The number of hydrogen-bond acceptors (Lipinski definition) is 2. The summed E-state index contributed by atoms with van der Waals surface area (Å²) in [6.45, 7) is 0.886. The molecular formula is C22H19NO2. The first-order valence-corrected chi connectivity index (χ1v) is 8.53. The van der Waals surface area contributed by atoms with Gasteiger partial charge in [0.2, 0.25) is 0 Å². The molecule has 4 aromatic rings. The lowest BCUT2D eigenvalue weighted by Crippen LogP contribution is -2.07. The lowest BCUT2D eigenvalue weighted by molar-refractivity contribution is 0.288. The highest BCUT2D eigenvalue weighted by Crippen LogP contribution is 2.23. The molecule has 1 aliphatic heterocycles. The molecule has 25 heavy (non-hydrogen) atoms. The fraction of sp³-hybridized carbons (Fsp3) is 0.136. The van der Waals surface area contributed by atoms with Crippen molar-refractivity contribution in [2.75, 3.05) is 6.61 Å². The van der Waals surface area contributed by atoms with Crippen molar-refractivity contribution in [1.29, 1.82) is 0 Å². The molecule has 5 rings (SSSR count). The van der Waals surface area contributed by atoms with Crippen molar-refractivity contribution in [3.63, 3.8) is 0 Å². The van der Waals surface area contributed by atoms with Crippen LogP contribution in [0.25, 0.3) is 21.7 Å². The Labute approximate surface area is 145 Å². The maximum Gasteiger partial charge on any atom is 0.256 e. The van der Waals surface area contributed by atoms with Crippen molar-refractivity contribution in [3.05, 3.63) is 88.7 Å². The molecule has 0 atom stereocenters. The number of rotatable bonds is 0. The molecule has 0 unspecified atom stereocenters. The first-order chi connectivity index (χ1) is 12.3. The third kappa shape index (κ3) is 3.13. The van der Waals surface area contributed by atoms with Crippen molar-refractivity contribution in [1.82, 2.24) is 4.98 Å². The van der Waals surface area contributed by atoms with E-state index in [4.69, 9.17) is 4.74 Å².